The molecule has 33 heavy (non-hydrogen) atoms. The predicted molar refractivity (Wildman–Crippen MR) is 126 cm³/mol. The Balaban J connectivity index is 2.06. The number of hydrogen-bond acceptors (Lipinski definition) is 7. The maximum atomic E-state index is 13.3. The molecular formula is C25H30N2O6. The molecule has 1 aliphatic heterocycles. The molecule has 1 aliphatic rings. The number of ether oxygens (including phenoxy) is 4. The summed E-state index contributed by atoms with van der Waals surface area (Å²) in [5, 5.41) is 3.14. The average molecular weight is 455 g/mol. The average Bonchev–Trinajstić information content (AvgIpc) is 3.07. The van der Waals surface area contributed by atoms with Crippen LogP contribution in [0.5, 0.6) is 23.0 Å². The highest BCUT2D eigenvalue weighted by molar-refractivity contribution is 6.36. The zero-order chi connectivity index (χ0) is 24.0. The van der Waals surface area contributed by atoms with Crippen molar-refractivity contribution < 1.29 is 28.5 Å². The minimum absolute atomic E-state index is 0.205. The number of carbonyl (C=O) groups is 2. The predicted octanol–water partition coefficient (Wildman–Crippen LogP) is 4.10. The van der Waals surface area contributed by atoms with Gasteiger partial charge in [0, 0.05) is 24.4 Å². The number of amides is 2. The maximum absolute atomic E-state index is 13.3. The van der Waals surface area contributed by atoms with Gasteiger partial charge >= 0.3 is 0 Å². The molecule has 0 saturated heterocycles. The van der Waals surface area contributed by atoms with E-state index in [1.54, 1.807) is 43.5 Å². The van der Waals surface area contributed by atoms with Crippen LogP contribution in [0.3, 0.4) is 0 Å². The largest absolute Gasteiger partial charge is 0.497 e. The summed E-state index contributed by atoms with van der Waals surface area (Å²) < 4.78 is 21.4. The number of benzene rings is 2. The summed E-state index contributed by atoms with van der Waals surface area (Å²) in [6, 6.07) is 10.4. The smallest absolute Gasteiger partial charge is 0.278 e. The van der Waals surface area contributed by atoms with Crippen LogP contribution in [0.1, 0.15) is 31.7 Å². The lowest BCUT2D eigenvalue weighted by molar-refractivity contribution is -0.136. The molecule has 0 bridgehead atoms. The summed E-state index contributed by atoms with van der Waals surface area (Å²) in [6.45, 7) is 2.44. The van der Waals surface area contributed by atoms with Crippen molar-refractivity contribution in [2.75, 3.05) is 40.3 Å². The molecule has 0 fully saturated rings. The summed E-state index contributed by atoms with van der Waals surface area (Å²) in [5.74, 6) is 1.27. The number of anilines is 1. The zero-order valence-electron chi connectivity index (χ0n) is 19.7. The van der Waals surface area contributed by atoms with E-state index in [0.717, 1.165) is 19.3 Å². The van der Waals surface area contributed by atoms with E-state index >= 15 is 0 Å². The monoisotopic (exact) mass is 454 g/mol. The fourth-order valence-electron chi connectivity index (χ4n) is 3.74. The van der Waals surface area contributed by atoms with Crippen LogP contribution in [-0.4, -0.2) is 51.7 Å². The molecule has 0 spiro atoms. The van der Waals surface area contributed by atoms with E-state index in [4.69, 9.17) is 18.9 Å². The van der Waals surface area contributed by atoms with E-state index < -0.39 is 0 Å². The Morgan fingerprint density at radius 1 is 0.818 bits per heavy atom. The number of methoxy groups -OCH3 is 4. The third kappa shape index (κ3) is 4.89. The first kappa shape index (κ1) is 24.0. The first-order valence-electron chi connectivity index (χ1n) is 10.8. The van der Waals surface area contributed by atoms with Crippen LogP contribution in [0.4, 0.5) is 5.69 Å². The molecule has 2 aromatic carbocycles. The number of hydrogen-bond donors (Lipinski definition) is 1. The zero-order valence-corrected chi connectivity index (χ0v) is 19.7. The molecule has 0 saturated carbocycles. The summed E-state index contributed by atoms with van der Waals surface area (Å²) in [7, 11) is 6.13. The molecule has 8 nitrogen and oxygen atoms in total. The van der Waals surface area contributed by atoms with Gasteiger partial charge in [0.05, 0.1) is 34.0 Å². The Bertz CT molecular complexity index is 1020. The Morgan fingerprint density at radius 3 is 1.97 bits per heavy atom. The van der Waals surface area contributed by atoms with Gasteiger partial charge in [0.2, 0.25) is 5.75 Å². The van der Waals surface area contributed by atoms with Crippen LogP contribution < -0.4 is 24.3 Å². The molecule has 0 aromatic heterocycles. The topological polar surface area (TPSA) is 86.3 Å². The van der Waals surface area contributed by atoms with Crippen molar-refractivity contribution in [3.63, 3.8) is 0 Å². The highest BCUT2D eigenvalue weighted by Gasteiger charge is 2.39. The first-order valence-corrected chi connectivity index (χ1v) is 10.8. The Hall–Kier alpha value is -3.68. The van der Waals surface area contributed by atoms with Gasteiger partial charge in [-0.05, 0) is 24.1 Å². The second-order valence-electron chi connectivity index (χ2n) is 7.49. The van der Waals surface area contributed by atoms with Gasteiger partial charge in [0.15, 0.2) is 11.5 Å². The number of rotatable bonds is 11. The van der Waals surface area contributed by atoms with E-state index in [1.807, 2.05) is 0 Å². The normalized spacial score (nSPS) is 13.4. The Kier molecular flexibility index (Phi) is 7.82. The fraction of sp³-hybridized carbons (Fsp3) is 0.360. The van der Waals surface area contributed by atoms with Gasteiger partial charge in [-0.25, -0.2) is 0 Å². The maximum Gasteiger partial charge on any atom is 0.278 e. The SMILES string of the molecule is CCCCCN1C(=O)C(Nc2cc(OC)c(OC)c(OC)c2)=C(c2ccc(OC)cc2)C1=O. The lowest BCUT2D eigenvalue weighted by Crippen LogP contribution is -2.33. The minimum Gasteiger partial charge on any atom is -0.497 e. The number of nitrogens with one attached hydrogen (secondary N) is 1. The molecule has 2 aromatic rings. The Labute approximate surface area is 194 Å². The summed E-state index contributed by atoms with van der Waals surface area (Å²) in [6.07, 6.45) is 2.68. The molecular weight excluding hydrogens is 424 g/mol. The molecule has 0 unspecified atom stereocenters. The van der Waals surface area contributed by atoms with E-state index in [2.05, 4.69) is 12.2 Å². The van der Waals surface area contributed by atoms with E-state index in [9.17, 15) is 9.59 Å². The van der Waals surface area contributed by atoms with Gasteiger partial charge in [-0.3, -0.25) is 14.5 Å². The van der Waals surface area contributed by atoms with Gasteiger partial charge in [-0.15, -0.1) is 0 Å². The van der Waals surface area contributed by atoms with Gasteiger partial charge in [-0.1, -0.05) is 31.9 Å². The van der Waals surface area contributed by atoms with E-state index in [0.29, 0.717) is 46.4 Å². The van der Waals surface area contributed by atoms with Crippen molar-refractivity contribution in [2.45, 2.75) is 26.2 Å². The van der Waals surface area contributed by atoms with E-state index in [-0.39, 0.29) is 17.5 Å². The molecule has 3 rings (SSSR count). The molecule has 0 atom stereocenters. The van der Waals surface area contributed by atoms with E-state index in [1.165, 1.54) is 26.2 Å². The quantitative estimate of drug-likeness (QED) is 0.404. The van der Waals surface area contributed by atoms with Gasteiger partial charge in [0.1, 0.15) is 11.4 Å². The number of imide groups is 1. The van der Waals surface area contributed by atoms with Crippen LogP contribution in [0.15, 0.2) is 42.1 Å². The number of carbonyl (C=O) groups excluding carboxylic acids is 2. The number of nitrogens with zero attached hydrogens (tertiary/aromatic N) is 1. The molecule has 0 aliphatic carbocycles. The van der Waals surface area contributed by atoms with Crippen molar-refractivity contribution in [3.05, 3.63) is 47.7 Å². The third-order valence-electron chi connectivity index (χ3n) is 5.47. The van der Waals surface area contributed by atoms with Gasteiger partial charge in [0.25, 0.3) is 11.8 Å². The van der Waals surface area contributed by atoms with Crippen molar-refractivity contribution in [2.24, 2.45) is 0 Å². The highest BCUT2D eigenvalue weighted by atomic mass is 16.5. The van der Waals surface area contributed by atoms with Gasteiger partial charge < -0.3 is 24.3 Å². The lowest BCUT2D eigenvalue weighted by Gasteiger charge is -2.16. The van der Waals surface area contributed by atoms with Crippen molar-refractivity contribution >= 4 is 23.1 Å². The molecule has 0 radical (unpaired) electrons. The van der Waals surface area contributed by atoms with Crippen LogP contribution in [0, 0.1) is 0 Å². The third-order valence-corrected chi connectivity index (χ3v) is 5.47. The lowest BCUT2D eigenvalue weighted by atomic mass is 10.0. The van der Waals surface area contributed by atoms with Crippen molar-refractivity contribution in [3.8, 4) is 23.0 Å². The summed E-state index contributed by atoms with van der Waals surface area (Å²) >= 11 is 0. The van der Waals surface area contributed by atoms with Gasteiger partial charge in [-0.2, -0.15) is 0 Å². The first-order chi connectivity index (χ1) is 16.0. The van der Waals surface area contributed by atoms with Crippen LogP contribution >= 0.6 is 0 Å². The number of unbranched alkanes of at least 4 members (excludes halogenated alkanes) is 2. The molecule has 8 heteroatoms. The summed E-state index contributed by atoms with van der Waals surface area (Å²) in [5.41, 5.74) is 1.67. The fourth-order valence-corrected chi connectivity index (χ4v) is 3.74. The standard InChI is InChI=1S/C25H30N2O6/c1-6-7-8-13-27-24(28)21(16-9-11-18(30-2)12-10-16)22(25(27)29)26-17-14-19(31-3)23(33-5)20(15-17)32-4/h9-12,14-15,26H,6-8,13H2,1-5H3. The molecule has 176 valence electrons. The second-order valence-corrected chi connectivity index (χ2v) is 7.49. The highest BCUT2D eigenvalue weighted by Crippen LogP contribution is 2.41. The summed E-state index contributed by atoms with van der Waals surface area (Å²) in [4.78, 5) is 27.9. The Morgan fingerprint density at radius 2 is 1.45 bits per heavy atom. The van der Waals surface area contributed by atoms with Crippen LogP contribution in [0.25, 0.3) is 5.57 Å². The molecule has 1 heterocycles. The molecule has 2 amide bonds. The second kappa shape index (κ2) is 10.8. The minimum atomic E-state index is -0.365. The van der Waals surface area contributed by atoms with Crippen LogP contribution in [-0.2, 0) is 9.59 Å². The molecule has 1 N–H and O–H groups in total. The van der Waals surface area contributed by atoms with Crippen molar-refractivity contribution in [1.82, 2.24) is 4.90 Å². The van der Waals surface area contributed by atoms with Crippen LogP contribution in [0.2, 0.25) is 0 Å². The van der Waals surface area contributed by atoms with Crippen molar-refractivity contribution in [1.29, 1.82) is 0 Å².